The van der Waals surface area contributed by atoms with Gasteiger partial charge < -0.3 is 33.1 Å². The van der Waals surface area contributed by atoms with E-state index in [4.69, 9.17) is 18.6 Å². The van der Waals surface area contributed by atoms with Gasteiger partial charge in [0.25, 0.3) is 0 Å². The number of thiophene rings is 1. The molecule has 0 N–H and O–H groups in total. The summed E-state index contributed by atoms with van der Waals surface area (Å²) in [4.78, 5) is 17.3. The molecule has 0 radical (unpaired) electrons. The maximum absolute atomic E-state index is 11.7. The van der Waals surface area contributed by atoms with E-state index in [0.717, 1.165) is 37.9 Å². The molecule has 8 nitrogen and oxygen atoms in total. The van der Waals surface area contributed by atoms with Gasteiger partial charge in [-0.3, -0.25) is 0 Å². The Labute approximate surface area is 275 Å². The number of carbonyl (C=O) groups is 1. The van der Waals surface area contributed by atoms with Gasteiger partial charge in [-0.25, -0.2) is 4.98 Å². The summed E-state index contributed by atoms with van der Waals surface area (Å²) in [7, 11) is 1.62. The predicted molar refractivity (Wildman–Crippen MR) is 160 cm³/mol. The van der Waals surface area contributed by atoms with Crippen LogP contribution in [0.2, 0.25) is 0 Å². The Morgan fingerprint density at radius 1 is 1.00 bits per heavy atom. The topological polar surface area (TPSA) is 98.8 Å². The van der Waals surface area contributed by atoms with Gasteiger partial charge in [0.15, 0.2) is 11.5 Å². The first-order valence-electron chi connectivity index (χ1n) is 13.5. The quantitative estimate of drug-likeness (QED) is 0.221. The Hall–Kier alpha value is -3.76. The molecule has 0 unspecified atom stereocenters. The molecule has 3 heterocycles. The van der Waals surface area contributed by atoms with E-state index in [-0.39, 0.29) is 36.2 Å². The van der Waals surface area contributed by atoms with Crippen LogP contribution < -0.4 is 48.9 Å². The van der Waals surface area contributed by atoms with Crippen LogP contribution in [0.4, 0.5) is 0 Å². The van der Waals surface area contributed by atoms with Crippen molar-refractivity contribution < 1.29 is 58.1 Å². The summed E-state index contributed by atoms with van der Waals surface area (Å²) in [6.45, 7) is 5.64. The second kappa shape index (κ2) is 12.5. The molecule has 0 bridgehead atoms. The SMILES string of the molecule is COc1cc(Cn2c3ccccc3c3c(OC(C)(C)C(=O)[O-])cccc32)ccc1OCc1nc(-c2cccs2)oc1C.[Na+]. The van der Waals surface area contributed by atoms with Crippen molar-refractivity contribution in [2.75, 3.05) is 7.11 Å². The van der Waals surface area contributed by atoms with Crippen molar-refractivity contribution in [2.24, 2.45) is 0 Å². The summed E-state index contributed by atoms with van der Waals surface area (Å²) < 4.78 is 25.8. The molecule has 6 aromatic rings. The molecule has 214 valence electrons. The number of ether oxygens (including phenoxy) is 3. The third kappa shape index (κ3) is 6.03. The van der Waals surface area contributed by atoms with Crippen LogP contribution >= 0.6 is 11.3 Å². The largest absolute Gasteiger partial charge is 1.00 e. The maximum Gasteiger partial charge on any atom is 1.00 e. The smallest absolute Gasteiger partial charge is 0.546 e. The van der Waals surface area contributed by atoms with Gasteiger partial charge in [0.2, 0.25) is 5.89 Å². The molecule has 0 atom stereocenters. The van der Waals surface area contributed by atoms with Crippen molar-refractivity contribution in [3.63, 3.8) is 0 Å². The molecule has 3 aromatic carbocycles. The average Bonchev–Trinajstić information content (AvgIpc) is 3.71. The summed E-state index contributed by atoms with van der Waals surface area (Å²) in [5.41, 5.74) is 2.16. The van der Waals surface area contributed by atoms with Crippen molar-refractivity contribution in [3.8, 4) is 28.0 Å². The van der Waals surface area contributed by atoms with Crippen molar-refractivity contribution in [2.45, 2.75) is 39.5 Å². The van der Waals surface area contributed by atoms with E-state index in [1.54, 1.807) is 24.5 Å². The second-order valence-corrected chi connectivity index (χ2v) is 11.4. The van der Waals surface area contributed by atoms with E-state index in [0.29, 0.717) is 35.4 Å². The average molecular weight is 605 g/mol. The van der Waals surface area contributed by atoms with Crippen molar-refractivity contribution >= 4 is 39.1 Å². The maximum atomic E-state index is 11.7. The number of oxazole rings is 1. The summed E-state index contributed by atoms with van der Waals surface area (Å²) in [5.74, 6) is 1.72. The summed E-state index contributed by atoms with van der Waals surface area (Å²) in [6, 6.07) is 23.5. The first kappa shape index (κ1) is 30.7. The van der Waals surface area contributed by atoms with Crippen LogP contribution in [0.25, 0.3) is 32.6 Å². The van der Waals surface area contributed by atoms with Crippen LogP contribution in [0.15, 0.2) is 82.6 Å². The van der Waals surface area contributed by atoms with Gasteiger partial charge in [-0.15, -0.1) is 11.3 Å². The van der Waals surface area contributed by atoms with Gasteiger partial charge in [-0.2, -0.15) is 0 Å². The van der Waals surface area contributed by atoms with Crippen molar-refractivity contribution in [1.29, 1.82) is 0 Å². The summed E-state index contributed by atoms with van der Waals surface area (Å²) in [5, 5.41) is 15.5. The minimum atomic E-state index is -1.49. The van der Waals surface area contributed by atoms with Crippen LogP contribution in [0, 0.1) is 6.92 Å². The number of carbonyl (C=O) groups excluding carboxylic acids is 1. The number of hydrogen-bond donors (Lipinski definition) is 0. The fourth-order valence-corrected chi connectivity index (χ4v) is 5.61. The Kier molecular flexibility index (Phi) is 8.89. The van der Waals surface area contributed by atoms with Gasteiger partial charge in [-0.1, -0.05) is 36.4 Å². The van der Waals surface area contributed by atoms with Crippen LogP contribution in [-0.2, 0) is 17.9 Å². The molecule has 0 aliphatic rings. The van der Waals surface area contributed by atoms with Crippen LogP contribution in [0.5, 0.6) is 17.2 Å². The number of aryl methyl sites for hydroxylation is 1. The first-order valence-corrected chi connectivity index (χ1v) is 14.3. The number of rotatable bonds is 10. The van der Waals surface area contributed by atoms with E-state index in [2.05, 4.69) is 9.55 Å². The number of fused-ring (bicyclic) bond motifs is 3. The number of carboxylic acids is 1. The summed E-state index contributed by atoms with van der Waals surface area (Å²) in [6.07, 6.45) is 0. The van der Waals surface area contributed by atoms with E-state index in [9.17, 15) is 9.90 Å². The molecule has 6 rings (SSSR count). The zero-order valence-electron chi connectivity index (χ0n) is 24.7. The molecule has 0 saturated carbocycles. The van der Waals surface area contributed by atoms with E-state index < -0.39 is 11.6 Å². The predicted octanol–water partition coefficient (Wildman–Crippen LogP) is 3.37. The Morgan fingerprint density at radius 2 is 1.79 bits per heavy atom. The van der Waals surface area contributed by atoms with Gasteiger partial charge in [0, 0.05) is 22.8 Å². The molecule has 43 heavy (non-hydrogen) atoms. The monoisotopic (exact) mass is 604 g/mol. The van der Waals surface area contributed by atoms with Crippen LogP contribution in [0.3, 0.4) is 0 Å². The van der Waals surface area contributed by atoms with E-state index in [1.807, 2.05) is 79.0 Å². The number of aliphatic carboxylic acids is 1. The number of para-hydroxylation sites is 1. The molecule has 0 amide bonds. The third-order valence-corrected chi connectivity index (χ3v) is 8.03. The second-order valence-electron chi connectivity index (χ2n) is 10.4. The Balaban J connectivity index is 0.00000368. The normalized spacial score (nSPS) is 11.4. The Bertz CT molecular complexity index is 1910. The first-order chi connectivity index (χ1) is 20.2. The minimum absolute atomic E-state index is 0. The number of hydrogen-bond acceptors (Lipinski definition) is 8. The minimum Gasteiger partial charge on any atom is -0.546 e. The summed E-state index contributed by atoms with van der Waals surface area (Å²) >= 11 is 1.57. The molecular weight excluding hydrogens is 575 g/mol. The molecule has 0 fully saturated rings. The number of methoxy groups -OCH3 is 1. The fraction of sp³-hybridized carbons (Fsp3) is 0.212. The van der Waals surface area contributed by atoms with Crippen molar-refractivity contribution in [1.82, 2.24) is 9.55 Å². The zero-order chi connectivity index (χ0) is 29.4. The fourth-order valence-electron chi connectivity index (χ4n) is 4.96. The molecule has 3 aromatic heterocycles. The van der Waals surface area contributed by atoms with Gasteiger partial charge >= 0.3 is 29.6 Å². The number of nitrogens with zero attached hydrogens (tertiary/aromatic N) is 2. The van der Waals surface area contributed by atoms with E-state index in [1.165, 1.54) is 13.8 Å². The third-order valence-electron chi connectivity index (χ3n) is 7.17. The molecule has 0 aliphatic heterocycles. The molecular formula is C33H29N2NaO6S. The zero-order valence-corrected chi connectivity index (χ0v) is 27.5. The van der Waals surface area contributed by atoms with Gasteiger partial charge in [0.1, 0.15) is 29.4 Å². The molecule has 0 spiro atoms. The number of aromatic nitrogens is 2. The molecule has 0 aliphatic carbocycles. The van der Waals surface area contributed by atoms with E-state index >= 15 is 0 Å². The molecule has 0 saturated heterocycles. The van der Waals surface area contributed by atoms with Crippen molar-refractivity contribution in [3.05, 3.63) is 95.2 Å². The van der Waals surface area contributed by atoms with Gasteiger partial charge in [-0.05, 0) is 68.1 Å². The number of carboxylic acid groups (broad SMARTS) is 1. The number of benzene rings is 3. The van der Waals surface area contributed by atoms with Crippen LogP contribution in [0.1, 0.15) is 30.9 Å². The standard InChI is InChI=1S/C33H30N2O6S.Na/c1-20-23(34-31(40-20)29-13-8-16-42-29)19-39-26-15-14-21(17-28(26)38-4)18-35-24-10-6-5-9-22(24)30-25(35)11-7-12-27(30)41-33(2,3)32(36)37;/h5-17H,18-19H2,1-4H3,(H,36,37);/q;+1/p-1. The Morgan fingerprint density at radius 3 is 2.53 bits per heavy atom. The molecule has 10 heteroatoms. The van der Waals surface area contributed by atoms with Gasteiger partial charge in [0.05, 0.1) is 23.5 Å². The van der Waals surface area contributed by atoms with Crippen LogP contribution in [-0.4, -0.2) is 28.2 Å².